The largest absolute Gasteiger partial charge is 0.365 e. The number of hydrogen-bond acceptors (Lipinski definition) is 5. The molecule has 25 heavy (non-hydrogen) atoms. The molecule has 7 nitrogen and oxygen atoms in total. The Hall–Kier alpha value is -3.14. The minimum atomic E-state index is -0.860. The quantitative estimate of drug-likeness (QED) is 0.673. The van der Waals surface area contributed by atoms with Gasteiger partial charge in [0.1, 0.15) is 23.1 Å². The van der Waals surface area contributed by atoms with Crippen molar-refractivity contribution in [3.05, 3.63) is 45.4 Å². The molecule has 3 heterocycles. The van der Waals surface area contributed by atoms with Crippen molar-refractivity contribution in [3.8, 4) is 6.07 Å². The number of pyridine rings is 1. The molecule has 2 aromatic heterocycles. The lowest BCUT2D eigenvalue weighted by Gasteiger charge is -2.29. The fourth-order valence-corrected chi connectivity index (χ4v) is 3.08. The fraction of sp³-hybridized carbons (Fsp3) is 0.333. The van der Waals surface area contributed by atoms with Gasteiger partial charge in [-0.3, -0.25) is 14.0 Å². The molecule has 2 N–H and O–H groups in total. The molecule has 0 atom stereocenters. The Morgan fingerprint density at radius 3 is 2.72 bits per heavy atom. The van der Waals surface area contributed by atoms with Gasteiger partial charge in [-0.2, -0.15) is 5.26 Å². The van der Waals surface area contributed by atoms with E-state index < -0.39 is 5.91 Å². The third-order valence-electron chi connectivity index (χ3n) is 4.39. The number of hydrogen-bond donors (Lipinski definition) is 1. The van der Waals surface area contributed by atoms with E-state index in [2.05, 4.69) is 4.98 Å². The number of nitrogens with two attached hydrogens (primary N) is 1. The molecule has 1 fully saturated rings. The second-order valence-corrected chi connectivity index (χ2v) is 6.12. The molecule has 2 aromatic rings. The Morgan fingerprint density at radius 2 is 2.08 bits per heavy atom. The Kier molecular flexibility index (Phi) is 4.52. The number of primary amides is 1. The van der Waals surface area contributed by atoms with Crippen LogP contribution in [0, 0.1) is 18.3 Å². The summed E-state index contributed by atoms with van der Waals surface area (Å²) in [7, 11) is 0. The summed E-state index contributed by atoms with van der Waals surface area (Å²) < 4.78 is 1.44. The summed E-state index contributed by atoms with van der Waals surface area (Å²) in [4.78, 5) is 31.2. The summed E-state index contributed by atoms with van der Waals surface area (Å²) >= 11 is 0. The second-order valence-electron chi connectivity index (χ2n) is 6.12. The van der Waals surface area contributed by atoms with Crippen LogP contribution < -0.4 is 16.2 Å². The number of carbonyl (C=O) groups is 1. The highest BCUT2D eigenvalue weighted by Crippen LogP contribution is 2.23. The molecule has 0 unspecified atom stereocenters. The molecular formula is C18H19N5O2. The zero-order chi connectivity index (χ0) is 18.0. The Morgan fingerprint density at radius 1 is 1.36 bits per heavy atom. The van der Waals surface area contributed by atoms with Crippen LogP contribution in [0.4, 0.5) is 5.82 Å². The number of piperidine rings is 1. The molecular weight excluding hydrogens is 318 g/mol. The molecule has 1 aliphatic heterocycles. The number of amides is 1. The number of nitrogens with zero attached hydrogens (tertiary/aromatic N) is 4. The minimum absolute atomic E-state index is 0.223. The van der Waals surface area contributed by atoms with Crippen LogP contribution >= 0.6 is 0 Å². The van der Waals surface area contributed by atoms with Crippen molar-refractivity contribution in [2.45, 2.75) is 26.2 Å². The summed E-state index contributed by atoms with van der Waals surface area (Å²) in [6.07, 6.45) is 6.05. The smallest absolute Gasteiger partial charge is 0.267 e. The van der Waals surface area contributed by atoms with Crippen molar-refractivity contribution in [2.24, 2.45) is 5.73 Å². The maximum atomic E-state index is 13.0. The highest BCUT2D eigenvalue weighted by Gasteiger charge is 2.21. The zero-order valence-electron chi connectivity index (χ0n) is 14.0. The Bertz CT molecular complexity index is 962. The summed E-state index contributed by atoms with van der Waals surface area (Å²) in [6, 6.07) is 5.41. The van der Waals surface area contributed by atoms with Gasteiger partial charge in [-0.15, -0.1) is 0 Å². The van der Waals surface area contributed by atoms with Crippen molar-refractivity contribution in [3.63, 3.8) is 0 Å². The zero-order valence-corrected chi connectivity index (χ0v) is 14.0. The number of nitriles is 1. The first-order valence-electron chi connectivity index (χ1n) is 8.21. The summed E-state index contributed by atoms with van der Waals surface area (Å²) in [5.74, 6) is -0.353. The second kappa shape index (κ2) is 6.77. The number of anilines is 1. The molecule has 0 aromatic carbocycles. The van der Waals surface area contributed by atoms with Gasteiger partial charge >= 0.3 is 0 Å². The molecule has 0 saturated carbocycles. The van der Waals surface area contributed by atoms with Gasteiger partial charge in [-0.1, -0.05) is 6.07 Å². The third-order valence-corrected chi connectivity index (χ3v) is 4.39. The van der Waals surface area contributed by atoms with E-state index >= 15 is 0 Å². The average molecular weight is 337 g/mol. The Labute approximate surface area is 145 Å². The lowest BCUT2D eigenvalue weighted by atomic mass is 10.1. The van der Waals surface area contributed by atoms with Crippen molar-refractivity contribution in [1.82, 2.24) is 9.38 Å². The maximum absolute atomic E-state index is 13.0. The number of aryl methyl sites for hydroxylation is 1. The fourth-order valence-electron chi connectivity index (χ4n) is 3.08. The van der Waals surface area contributed by atoms with Crippen LogP contribution in [-0.2, 0) is 4.79 Å². The van der Waals surface area contributed by atoms with Crippen molar-refractivity contribution in [1.29, 1.82) is 5.26 Å². The van der Waals surface area contributed by atoms with Gasteiger partial charge in [0, 0.05) is 19.3 Å². The third kappa shape index (κ3) is 3.11. The first kappa shape index (κ1) is 16.7. The Balaban J connectivity index is 2.32. The molecule has 1 saturated heterocycles. The maximum Gasteiger partial charge on any atom is 0.267 e. The first-order chi connectivity index (χ1) is 12.0. The highest BCUT2D eigenvalue weighted by atomic mass is 16.1. The topological polar surface area (TPSA) is 104 Å². The molecule has 0 radical (unpaired) electrons. The number of aromatic nitrogens is 2. The van der Waals surface area contributed by atoms with Crippen LogP contribution in [0.15, 0.2) is 28.7 Å². The number of fused-ring (bicyclic) bond motifs is 1. The SMILES string of the molecule is Cc1cccn2c(=O)c(/C=C(\C#N)C(N)=O)c(N3CCCCC3)nc12. The molecule has 3 rings (SSSR count). The lowest BCUT2D eigenvalue weighted by molar-refractivity contribution is -0.114. The molecule has 1 amide bonds. The van der Waals surface area contributed by atoms with E-state index in [1.165, 1.54) is 10.5 Å². The summed E-state index contributed by atoms with van der Waals surface area (Å²) in [5, 5.41) is 9.15. The van der Waals surface area contributed by atoms with E-state index in [4.69, 9.17) is 11.0 Å². The van der Waals surface area contributed by atoms with E-state index in [1.807, 2.05) is 17.9 Å². The van der Waals surface area contributed by atoms with Crippen LogP contribution in [0.25, 0.3) is 11.7 Å². The summed E-state index contributed by atoms with van der Waals surface area (Å²) in [5.41, 5.74) is 6.34. The van der Waals surface area contributed by atoms with E-state index in [1.54, 1.807) is 18.3 Å². The molecule has 1 aliphatic rings. The molecule has 7 heteroatoms. The van der Waals surface area contributed by atoms with Crippen LogP contribution in [0.3, 0.4) is 0 Å². The molecule has 0 aliphatic carbocycles. The van der Waals surface area contributed by atoms with Gasteiger partial charge in [0.05, 0.1) is 5.56 Å². The standard InChI is InChI=1S/C18H19N5O2/c1-12-6-5-9-23-16(12)21-17(22-7-3-2-4-8-22)14(18(23)25)10-13(11-19)15(20)24/h5-6,9-10H,2-4,7-8H2,1H3,(H2,20,24)/b13-10+. The van der Waals surface area contributed by atoms with E-state index in [-0.39, 0.29) is 16.7 Å². The normalized spacial score (nSPS) is 15.2. The van der Waals surface area contributed by atoms with Crippen LogP contribution in [0.5, 0.6) is 0 Å². The highest BCUT2D eigenvalue weighted by molar-refractivity contribution is 6.01. The summed E-state index contributed by atoms with van der Waals surface area (Å²) in [6.45, 7) is 3.46. The predicted molar refractivity (Wildman–Crippen MR) is 95.0 cm³/mol. The van der Waals surface area contributed by atoms with Crippen LogP contribution in [0.1, 0.15) is 30.4 Å². The monoisotopic (exact) mass is 337 g/mol. The van der Waals surface area contributed by atoms with Gasteiger partial charge < -0.3 is 10.6 Å². The van der Waals surface area contributed by atoms with Gasteiger partial charge in [-0.05, 0) is 43.9 Å². The first-order valence-corrected chi connectivity index (χ1v) is 8.21. The van der Waals surface area contributed by atoms with E-state index in [0.29, 0.717) is 11.5 Å². The van der Waals surface area contributed by atoms with Gasteiger partial charge in [0.2, 0.25) is 0 Å². The number of carbonyl (C=O) groups excluding carboxylic acids is 1. The number of rotatable bonds is 3. The average Bonchev–Trinajstić information content (AvgIpc) is 2.62. The van der Waals surface area contributed by atoms with E-state index in [0.717, 1.165) is 37.9 Å². The molecule has 0 spiro atoms. The minimum Gasteiger partial charge on any atom is -0.365 e. The lowest BCUT2D eigenvalue weighted by Crippen LogP contribution is -2.33. The van der Waals surface area contributed by atoms with Gasteiger partial charge in [0.25, 0.3) is 11.5 Å². The van der Waals surface area contributed by atoms with E-state index in [9.17, 15) is 9.59 Å². The van der Waals surface area contributed by atoms with Gasteiger partial charge in [-0.25, -0.2) is 4.98 Å². The molecule has 128 valence electrons. The van der Waals surface area contributed by atoms with Crippen LogP contribution in [0.2, 0.25) is 0 Å². The van der Waals surface area contributed by atoms with Crippen LogP contribution in [-0.4, -0.2) is 28.4 Å². The van der Waals surface area contributed by atoms with Crippen molar-refractivity contribution < 1.29 is 4.79 Å². The molecule has 0 bridgehead atoms. The van der Waals surface area contributed by atoms with Crippen molar-refractivity contribution >= 4 is 23.4 Å². The van der Waals surface area contributed by atoms with Gasteiger partial charge in [0.15, 0.2) is 0 Å². The van der Waals surface area contributed by atoms with Crippen molar-refractivity contribution in [2.75, 3.05) is 18.0 Å². The predicted octanol–water partition coefficient (Wildman–Crippen LogP) is 1.39.